The number of aryl methyl sites for hydroxylation is 1. The number of carbonyl (C=O) groups excluding carboxylic acids is 1. The van der Waals surface area contributed by atoms with Gasteiger partial charge in [-0.3, -0.25) is 4.79 Å². The van der Waals surface area contributed by atoms with Gasteiger partial charge in [0.1, 0.15) is 0 Å². The van der Waals surface area contributed by atoms with E-state index in [0.717, 1.165) is 11.3 Å². The average Bonchev–Trinajstić information content (AvgIpc) is 2.62. The SMILES string of the molecule is CC.Cc1ccc(SNC(Cc2ccccc2)C(=O)C(C)C)cc1. The number of Topliss-reactive ketones (excluding diaryl/α,β-unsaturated/α-hetero) is 1. The summed E-state index contributed by atoms with van der Waals surface area (Å²) in [5, 5.41) is 0. The molecular weight excluding hydrogens is 314 g/mol. The Balaban J connectivity index is 0.00000139. The number of hydrogen-bond acceptors (Lipinski definition) is 3. The standard InChI is InChI=1S/C19H23NOS.C2H6/c1-14(2)19(21)18(13-16-7-5-4-6-8-16)20-22-17-11-9-15(3)10-12-17;1-2/h4-12,14,18,20H,13H2,1-3H3;1-2H3. The second-order valence-corrected chi connectivity index (χ2v) is 6.74. The number of rotatable bonds is 7. The highest BCUT2D eigenvalue weighted by Crippen LogP contribution is 2.18. The van der Waals surface area contributed by atoms with E-state index in [0.29, 0.717) is 0 Å². The molecule has 3 heteroatoms. The van der Waals surface area contributed by atoms with Crippen LogP contribution in [0.25, 0.3) is 0 Å². The second kappa shape index (κ2) is 11.1. The zero-order valence-corrected chi connectivity index (χ0v) is 16.2. The molecule has 2 nitrogen and oxygen atoms in total. The number of nitrogens with one attached hydrogen (secondary N) is 1. The molecule has 0 amide bonds. The Morgan fingerprint density at radius 3 is 2.12 bits per heavy atom. The second-order valence-electron chi connectivity index (χ2n) is 5.83. The number of carbonyl (C=O) groups is 1. The van der Waals surface area contributed by atoms with Crippen LogP contribution in [0.2, 0.25) is 0 Å². The van der Waals surface area contributed by atoms with Crippen LogP contribution in [0.3, 0.4) is 0 Å². The predicted molar refractivity (Wildman–Crippen MR) is 105 cm³/mol. The summed E-state index contributed by atoms with van der Waals surface area (Å²) in [6.45, 7) is 9.99. The van der Waals surface area contributed by atoms with Crippen molar-refractivity contribution >= 4 is 17.7 Å². The van der Waals surface area contributed by atoms with Gasteiger partial charge in [-0.05, 0) is 43.0 Å². The lowest BCUT2D eigenvalue weighted by Gasteiger charge is -2.19. The first kappa shape index (κ1) is 20.5. The van der Waals surface area contributed by atoms with Gasteiger partial charge in [0.25, 0.3) is 0 Å². The van der Waals surface area contributed by atoms with Crippen LogP contribution in [-0.2, 0) is 11.2 Å². The van der Waals surface area contributed by atoms with Crippen molar-refractivity contribution < 1.29 is 4.79 Å². The third-order valence-electron chi connectivity index (χ3n) is 3.54. The third kappa shape index (κ3) is 6.90. The van der Waals surface area contributed by atoms with E-state index in [1.807, 2.05) is 45.9 Å². The largest absolute Gasteiger partial charge is 0.298 e. The van der Waals surface area contributed by atoms with Crippen LogP contribution >= 0.6 is 11.9 Å². The van der Waals surface area contributed by atoms with Crippen LogP contribution in [-0.4, -0.2) is 11.8 Å². The van der Waals surface area contributed by atoms with Gasteiger partial charge in [0.05, 0.1) is 6.04 Å². The Morgan fingerprint density at radius 1 is 1.00 bits per heavy atom. The smallest absolute Gasteiger partial charge is 0.153 e. The summed E-state index contributed by atoms with van der Waals surface area (Å²) in [5.41, 5.74) is 2.42. The highest BCUT2D eigenvalue weighted by Gasteiger charge is 2.21. The van der Waals surface area contributed by atoms with Crippen molar-refractivity contribution in [2.24, 2.45) is 5.92 Å². The van der Waals surface area contributed by atoms with E-state index in [2.05, 4.69) is 48.0 Å². The number of hydrogen-bond donors (Lipinski definition) is 1. The number of ketones is 1. The van der Waals surface area contributed by atoms with Crippen molar-refractivity contribution in [2.45, 2.75) is 52.0 Å². The molecule has 2 aromatic rings. The Labute approximate surface area is 151 Å². The molecule has 0 aliphatic heterocycles. The van der Waals surface area contributed by atoms with Crippen molar-refractivity contribution in [3.8, 4) is 0 Å². The van der Waals surface area contributed by atoms with E-state index in [1.54, 1.807) is 0 Å². The molecule has 0 aliphatic rings. The van der Waals surface area contributed by atoms with Gasteiger partial charge >= 0.3 is 0 Å². The van der Waals surface area contributed by atoms with E-state index >= 15 is 0 Å². The Kier molecular flexibility index (Phi) is 9.43. The molecular formula is C21H29NOS. The van der Waals surface area contributed by atoms with Crippen LogP contribution in [0.4, 0.5) is 0 Å². The highest BCUT2D eigenvalue weighted by molar-refractivity contribution is 7.97. The van der Waals surface area contributed by atoms with Crippen LogP contribution in [0, 0.1) is 12.8 Å². The number of benzene rings is 2. The van der Waals surface area contributed by atoms with E-state index < -0.39 is 0 Å². The molecule has 24 heavy (non-hydrogen) atoms. The summed E-state index contributed by atoms with van der Waals surface area (Å²) in [6, 6.07) is 18.3. The zero-order valence-electron chi connectivity index (χ0n) is 15.4. The summed E-state index contributed by atoms with van der Waals surface area (Å²) >= 11 is 1.53. The van der Waals surface area contributed by atoms with E-state index in [4.69, 9.17) is 0 Å². The fraction of sp³-hybridized carbons (Fsp3) is 0.381. The predicted octanol–water partition coefficient (Wildman–Crippen LogP) is 5.45. The van der Waals surface area contributed by atoms with Crippen molar-refractivity contribution in [3.05, 3.63) is 65.7 Å². The van der Waals surface area contributed by atoms with E-state index in [-0.39, 0.29) is 17.7 Å². The van der Waals surface area contributed by atoms with Crippen molar-refractivity contribution in [1.82, 2.24) is 4.72 Å². The van der Waals surface area contributed by atoms with Gasteiger partial charge < -0.3 is 0 Å². The molecule has 0 aliphatic carbocycles. The first-order valence-electron chi connectivity index (χ1n) is 8.63. The van der Waals surface area contributed by atoms with Gasteiger partial charge in [-0.2, -0.15) is 0 Å². The van der Waals surface area contributed by atoms with Gasteiger partial charge in [0, 0.05) is 10.8 Å². The molecule has 130 valence electrons. The topological polar surface area (TPSA) is 29.1 Å². The first-order valence-corrected chi connectivity index (χ1v) is 9.44. The molecule has 0 radical (unpaired) electrons. The minimum absolute atomic E-state index is 0.0276. The van der Waals surface area contributed by atoms with Gasteiger partial charge in [0.15, 0.2) is 5.78 Å². The lowest BCUT2D eigenvalue weighted by atomic mass is 9.97. The quantitative estimate of drug-likeness (QED) is 0.677. The molecule has 0 aromatic heterocycles. The summed E-state index contributed by atoms with van der Waals surface area (Å²) in [4.78, 5) is 13.6. The van der Waals surface area contributed by atoms with Crippen molar-refractivity contribution in [2.75, 3.05) is 0 Å². The lowest BCUT2D eigenvalue weighted by molar-refractivity contribution is -0.123. The zero-order chi connectivity index (χ0) is 17.9. The van der Waals surface area contributed by atoms with Crippen LogP contribution in [0.15, 0.2) is 59.5 Å². The Bertz CT molecular complexity index is 593. The minimum atomic E-state index is -0.172. The summed E-state index contributed by atoms with van der Waals surface area (Å²) in [7, 11) is 0. The molecule has 0 fully saturated rings. The maximum atomic E-state index is 12.4. The third-order valence-corrected chi connectivity index (χ3v) is 4.45. The van der Waals surface area contributed by atoms with Crippen LogP contribution in [0.1, 0.15) is 38.8 Å². The van der Waals surface area contributed by atoms with Gasteiger partial charge in [0.2, 0.25) is 0 Å². The molecule has 0 bridgehead atoms. The maximum absolute atomic E-state index is 12.4. The van der Waals surface area contributed by atoms with Crippen LogP contribution < -0.4 is 4.72 Å². The van der Waals surface area contributed by atoms with Crippen molar-refractivity contribution in [1.29, 1.82) is 0 Å². The summed E-state index contributed by atoms with van der Waals surface area (Å²) in [6.07, 6.45) is 0.719. The molecule has 0 spiro atoms. The van der Waals surface area contributed by atoms with Gasteiger partial charge in [-0.1, -0.05) is 75.7 Å². The summed E-state index contributed by atoms with van der Waals surface area (Å²) < 4.78 is 3.35. The molecule has 0 saturated heterocycles. The maximum Gasteiger partial charge on any atom is 0.153 e. The average molecular weight is 344 g/mol. The highest BCUT2D eigenvalue weighted by atomic mass is 32.2. The normalized spacial score (nSPS) is 11.6. The lowest BCUT2D eigenvalue weighted by Crippen LogP contribution is -2.37. The minimum Gasteiger partial charge on any atom is -0.298 e. The van der Waals surface area contributed by atoms with E-state index in [1.165, 1.54) is 23.1 Å². The molecule has 0 saturated carbocycles. The fourth-order valence-corrected chi connectivity index (χ4v) is 2.95. The monoisotopic (exact) mass is 343 g/mol. The van der Waals surface area contributed by atoms with Gasteiger partial charge in [-0.25, -0.2) is 4.72 Å². The fourth-order valence-electron chi connectivity index (χ4n) is 2.20. The molecule has 1 atom stereocenters. The molecule has 2 rings (SSSR count). The van der Waals surface area contributed by atoms with E-state index in [9.17, 15) is 4.79 Å². The van der Waals surface area contributed by atoms with Crippen molar-refractivity contribution in [3.63, 3.8) is 0 Å². The van der Waals surface area contributed by atoms with Gasteiger partial charge in [-0.15, -0.1) is 0 Å². The summed E-state index contributed by atoms with van der Waals surface area (Å²) in [5.74, 6) is 0.281. The van der Waals surface area contributed by atoms with Crippen LogP contribution in [0.5, 0.6) is 0 Å². The Morgan fingerprint density at radius 2 is 1.58 bits per heavy atom. The molecule has 1 unspecified atom stereocenters. The Hall–Kier alpha value is -1.58. The first-order chi connectivity index (χ1) is 11.6. The molecule has 0 heterocycles. The molecule has 2 aromatic carbocycles. The molecule has 1 N–H and O–H groups in total.